The van der Waals surface area contributed by atoms with E-state index in [1.807, 2.05) is 18.7 Å². The largest absolute Gasteiger partial charge is 0.490 e. The molecule has 4 heterocycles. The van der Waals surface area contributed by atoms with Crippen LogP contribution < -0.4 is 19.9 Å². The van der Waals surface area contributed by atoms with Crippen molar-refractivity contribution in [2.24, 2.45) is 5.92 Å². The van der Waals surface area contributed by atoms with Gasteiger partial charge in [0.05, 0.1) is 31.1 Å². The smallest absolute Gasteiger partial charge is 0.407 e. The Labute approximate surface area is 265 Å². The first-order valence-corrected chi connectivity index (χ1v) is 15.3. The number of carbonyl (C=O) groups excluding carboxylic acids is 1. The molecule has 0 unspecified atom stereocenters. The summed E-state index contributed by atoms with van der Waals surface area (Å²) in [6.45, 7) is 11.1. The molecule has 46 heavy (non-hydrogen) atoms. The van der Waals surface area contributed by atoms with Gasteiger partial charge in [-0.3, -0.25) is 0 Å². The molecule has 2 fully saturated rings. The monoisotopic (exact) mass is 647 g/mol. The highest BCUT2D eigenvalue weighted by atomic mass is 19.2. The summed E-state index contributed by atoms with van der Waals surface area (Å²) in [5.74, 6) is -2.44. The van der Waals surface area contributed by atoms with E-state index in [9.17, 15) is 18.0 Å². The van der Waals surface area contributed by atoms with Crippen LogP contribution in [-0.4, -0.2) is 83.8 Å². The van der Waals surface area contributed by atoms with Gasteiger partial charge in [0.25, 0.3) is 0 Å². The molecule has 2 saturated heterocycles. The predicted octanol–water partition coefficient (Wildman–Crippen LogP) is 4.82. The van der Waals surface area contributed by atoms with Crippen LogP contribution in [0.4, 0.5) is 29.9 Å². The topological polar surface area (TPSA) is 128 Å². The minimum atomic E-state index is -1.29. The second-order valence-electron chi connectivity index (χ2n) is 12.9. The van der Waals surface area contributed by atoms with Crippen LogP contribution in [-0.2, 0) is 9.47 Å². The molecule has 250 valence electrons. The highest BCUT2D eigenvalue weighted by molar-refractivity contribution is 5.68. The Morgan fingerprint density at radius 3 is 2.43 bits per heavy atom. The van der Waals surface area contributed by atoms with Crippen molar-refractivity contribution < 1.29 is 36.7 Å². The van der Waals surface area contributed by atoms with Crippen molar-refractivity contribution in [1.82, 2.24) is 25.4 Å². The fraction of sp³-hybridized carbons (Fsp3) is 0.581. The zero-order chi connectivity index (χ0) is 33.2. The molecule has 2 aliphatic rings. The molecule has 15 heteroatoms. The fourth-order valence-corrected chi connectivity index (χ4v) is 5.65. The molecule has 0 spiro atoms. The van der Waals surface area contributed by atoms with Crippen molar-refractivity contribution in [3.63, 3.8) is 0 Å². The van der Waals surface area contributed by atoms with Gasteiger partial charge in [0.1, 0.15) is 11.4 Å². The van der Waals surface area contributed by atoms with E-state index in [4.69, 9.17) is 18.7 Å². The van der Waals surface area contributed by atoms with E-state index in [1.54, 1.807) is 32.8 Å². The summed E-state index contributed by atoms with van der Waals surface area (Å²) in [5, 5.41) is 6.80. The van der Waals surface area contributed by atoms with Crippen LogP contribution in [0.1, 0.15) is 64.3 Å². The maximum Gasteiger partial charge on any atom is 0.407 e. The molecule has 5 rings (SSSR count). The molecular weight excluding hydrogens is 607 g/mol. The fourth-order valence-electron chi connectivity index (χ4n) is 5.65. The molecule has 1 amide bonds. The standard InChI is InChI=1S/C31H40F3N7O5/c1-17(2)27-38-29(46-39-27)40-8-7-18(26(15-40)43-6)16-44-19-11-35-28(36-12-19)41-13-21(20-9-23(33)24(34)10-22(20)32)25(14-41)37-30(42)45-31(3,4)5/h9-12,17-18,21,25-26H,7-8,13-16H2,1-6H3,(H,37,42)/t18-,21-,25+,26-/m1/s1. The molecule has 0 radical (unpaired) electrons. The Balaban J connectivity index is 1.22. The summed E-state index contributed by atoms with van der Waals surface area (Å²) in [7, 11) is 1.66. The third-order valence-electron chi connectivity index (χ3n) is 8.04. The van der Waals surface area contributed by atoms with E-state index in [-0.39, 0.29) is 36.6 Å². The summed E-state index contributed by atoms with van der Waals surface area (Å²) in [6.07, 6.45) is 3.00. The van der Waals surface area contributed by atoms with E-state index >= 15 is 0 Å². The number of rotatable bonds is 9. The van der Waals surface area contributed by atoms with Gasteiger partial charge in [0.15, 0.2) is 23.2 Å². The number of aromatic nitrogens is 4. The van der Waals surface area contributed by atoms with Crippen molar-refractivity contribution in [3.8, 4) is 5.75 Å². The van der Waals surface area contributed by atoms with E-state index in [0.717, 1.165) is 12.5 Å². The summed E-state index contributed by atoms with van der Waals surface area (Å²) in [6, 6.07) is 1.11. The van der Waals surface area contributed by atoms with Crippen LogP contribution in [0.25, 0.3) is 0 Å². The highest BCUT2D eigenvalue weighted by Crippen LogP contribution is 2.33. The minimum Gasteiger partial charge on any atom is -0.490 e. The van der Waals surface area contributed by atoms with Crippen molar-refractivity contribution in [1.29, 1.82) is 0 Å². The number of hydrogen-bond donors (Lipinski definition) is 1. The normalized spacial score (nSPS) is 22.0. The Morgan fingerprint density at radius 2 is 1.78 bits per heavy atom. The number of ether oxygens (including phenoxy) is 3. The van der Waals surface area contributed by atoms with Gasteiger partial charge in [-0.25, -0.2) is 27.9 Å². The molecule has 0 aliphatic carbocycles. The number of nitrogens with zero attached hydrogens (tertiary/aromatic N) is 6. The predicted molar refractivity (Wildman–Crippen MR) is 161 cm³/mol. The Bertz CT molecular complexity index is 1500. The van der Waals surface area contributed by atoms with E-state index < -0.39 is 41.1 Å². The van der Waals surface area contributed by atoms with Gasteiger partial charge in [-0.15, -0.1) is 0 Å². The number of carbonyl (C=O) groups is 1. The molecule has 4 atom stereocenters. The summed E-state index contributed by atoms with van der Waals surface area (Å²) >= 11 is 0. The van der Waals surface area contributed by atoms with Gasteiger partial charge in [-0.2, -0.15) is 4.98 Å². The van der Waals surface area contributed by atoms with Crippen molar-refractivity contribution in [2.45, 2.75) is 70.6 Å². The first-order valence-electron chi connectivity index (χ1n) is 15.3. The summed E-state index contributed by atoms with van der Waals surface area (Å²) < 4.78 is 65.3. The summed E-state index contributed by atoms with van der Waals surface area (Å²) in [5.41, 5.74) is -0.837. The van der Waals surface area contributed by atoms with Gasteiger partial charge in [-0.1, -0.05) is 19.0 Å². The number of piperidine rings is 1. The first kappa shape index (κ1) is 33.2. The van der Waals surface area contributed by atoms with Gasteiger partial charge in [-0.05, 0) is 38.8 Å². The van der Waals surface area contributed by atoms with Crippen LogP contribution in [0.5, 0.6) is 5.75 Å². The molecule has 3 aromatic rings. The number of benzene rings is 1. The minimum absolute atomic E-state index is 0.0689. The second-order valence-corrected chi connectivity index (χ2v) is 12.9. The quantitative estimate of drug-likeness (QED) is 0.321. The average molecular weight is 648 g/mol. The van der Waals surface area contributed by atoms with Crippen LogP contribution in [0, 0.1) is 23.4 Å². The first-order chi connectivity index (χ1) is 21.8. The lowest BCUT2D eigenvalue weighted by Crippen LogP contribution is -2.47. The van der Waals surface area contributed by atoms with Crippen molar-refractivity contribution >= 4 is 18.1 Å². The van der Waals surface area contributed by atoms with Crippen molar-refractivity contribution in [3.05, 3.63) is 53.4 Å². The molecule has 1 N–H and O–H groups in total. The molecule has 1 aromatic carbocycles. The lowest BCUT2D eigenvalue weighted by Gasteiger charge is -2.36. The third-order valence-corrected chi connectivity index (χ3v) is 8.04. The molecule has 2 aliphatic heterocycles. The van der Waals surface area contributed by atoms with Crippen LogP contribution in [0.15, 0.2) is 29.0 Å². The lowest BCUT2D eigenvalue weighted by molar-refractivity contribution is 0.0206. The molecular formula is C31H40F3N7O5. The van der Waals surface area contributed by atoms with Gasteiger partial charge >= 0.3 is 12.1 Å². The Kier molecular flexibility index (Phi) is 9.89. The van der Waals surface area contributed by atoms with Crippen LogP contribution >= 0.6 is 0 Å². The second kappa shape index (κ2) is 13.7. The maximum atomic E-state index is 14.8. The zero-order valence-corrected chi connectivity index (χ0v) is 26.8. The number of anilines is 2. The SMILES string of the molecule is CO[C@@H]1CN(c2nc(C(C)C)no2)CC[C@@H]1COc1cnc(N2C[C@H](NC(=O)OC(C)(C)C)[C@@H](c3cc(F)c(F)cc3F)C2)nc1. The summed E-state index contributed by atoms with van der Waals surface area (Å²) in [4.78, 5) is 29.7. The van der Waals surface area contributed by atoms with Crippen LogP contribution in [0.2, 0.25) is 0 Å². The highest BCUT2D eigenvalue weighted by Gasteiger charge is 2.39. The van der Waals surface area contributed by atoms with Gasteiger partial charge in [0, 0.05) is 57.1 Å². The molecule has 0 bridgehead atoms. The van der Waals surface area contributed by atoms with E-state index in [1.165, 1.54) is 12.4 Å². The van der Waals surface area contributed by atoms with E-state index in [0.29, 0.717) is 49.3 Å². The van der Waals surface area contributed by atoms with Gasteiger partial charge in [0.2, 0.25) is 5.95 Å². The lowest BCUT2D eigenvalue weighted by atomic mass is 9.93. The number of halogens is 3. The number of amides is 1. The number of hydrogen-bond acceptors (Lipinski definition) is 11. The Hall–Kier alpha value is -4.14. The van der Waals surface area contributed by atoms with Crippen LogP contribution in [0.3, 0.4) is 0 Å². The molecule has 12 nitrogen and oxygen atoms in total. The average Bonchev–Trinajstić information content (AvgIpc) is 3.65. The maximum absolute atomic E-state index is 14.8. The van der Waals surface area contributed by atoms with Crippen molar-refractivity contribution in [2.75, 3.05) is 49.7 Å². The Morgan fingerprint density at radius 1 is 1.07 bits per heavy atom. The molecule has 0 saturated carbocycles. The van der Waals surface area contributed by atoms with E-state index in [2.05, 4.69) is 25.4 Å². The number of nitrogens with one attached hydrogen (secondary N) is 1. The zero-order valence-electron chi connectivity index (χ0n) is 26.8. The number of alkyl carbamates (subject to hydrolysis) is 1. The number of methoxy groups -OCH3 is 1. The van der Waals surface area contributed by atoms with Gasteiger partial charge < -0.3 is 33.9 Å². The molecule has 2 aromatic heterocycles. The third kappa shape index (κ3) is 7.80.